The number of nitrogens with one attached hydrogen (secondary N) is 2. The van der Waals surface area contributed by atoms with E-state index < -0.39 is 0 Å². The first kappa shape index (κ1) is 17.8. The molecule has 0 bridgehead atoms. The van der Waals surface area contributed by atoms with Crippen LogP contribution < -0.4 is 16.0 Å². The van der Waals surface area contributed by atoms with Crippen LogP contribution >= 0.6 is 0 Å². The molecule has 2 aromatic carbocycles. The normalized spacial score (nSPS) is 17.8. The number of nitrogen functional groups attached to an aromatic ring is 1. The van der Waals surface area contributed by atoms with Gasteiger partial charge in [0.25, 0.3) is 5.56 Å². The first-order valence-corrected chi connectivity index (χ1v) is 9.84. The average molecular weight is 389 g/mol. The number of H-pyrrole nitrogens is 2. The van der Waals surface area contributed by atoms with E-state index in [1.54, 1.807) is 0 Å². The third kappa shape index (κ3) is 3.23. The third-order valence-electron chi connectivity index (χ3n) is 5.54. The van der Waals surface area contributed by atoms with Crippen LogP contribution in [0.15, 0.2) is 47.3 Å². The molecule has 0 amide bonds. The molecule has 3 heterocycles. The zero-order valence-electron chi connectivity index (χ0n) is 16.2. The molecular formula is C22H23N5O2. The standard InChI is InChI=1S/C22H23N5O2/c1-27-10-4-5-14(12-27)29-13-8-9-17-18(11-13)25-21(24-17)19-20(23)15-6-2-3-7-16(15)26-22(19)28/h2-3,6-9,11,14H,4-5,10,12H2,1H3,(H,24,25)(H3,23,26,28). The lowest BCUT2D eigenvalue weighted by Gasteiger charge is -2.29. The van der Waals surface area contributed by atoms with Crippen molar-refractivity contribution in [1.29, 1.82) is 0 Å². The van der Waals surface area contributed by atoms with Gasteiger partial charge in [-0.3, -0.25) is 4.79 Å². The summed E-state index contributed by atoms with van der Waals surface area (Å²) in [5, 5.41) is 0.799. The van der Waals surface area contributed by atoms with Gasteiger partial charge in [0, 0.05) is 18.0 Å². The zero-order valence-corrected chi connectivity index (χ0v) is 16.2. The van der Waals surface area contributed by atoms with Gasteiger partial charge in [-0.15, -0.1) is 0 Å². The molecule has 29 heavy (non-hydrogen) atoms. The van der Waals surface area contributed by atoms with E-state index in [-0.39, 0.29) is 11.7 Å². The van der Waals surface area contributed by atoms with Crippen LogP contribution in [0.25, 0.3) is 33.3 Å². The van der Waals surface area contributed by atoms with Crippen LogP contribution in [0.3, 0.4) is 0 Å². The predicted molar refractivity (Wildman–Crippen MR) is 115 cm³/mol. The van der Waals surface area contributed by atoms with Crippen LogP contribution in [0, 0.1) is 0 Å². The maximum Gasteiger partial charge on any atom is 0.261 e. The summed E-state index contributed by atoms with van der Waals surface area (Å²) < 4.78 is 6.17. The summed E-state index contributed by atoms with van der Waals surface area (Å²) in [7, 11) is 2.12. The summed E-state index contributed by atoms with van der Waals surface area (Å²) in [5.74, 6) is 1.26. The Morgan fingerprint density at radius 2 is 2.03 bits per heavy atom. The van der Waals surface area contributed by atoms with Gasteiger partial charge in [0.1, 0.15) is 23.2 Å². The second kappa shape index (κ2) is 6.93. The highest BCUT2D eigenvalue weighted by Crippen LogP contribution is 2.29. The fourth-order valence-electron chi connectivity index (χ4n) is 4.09. The minimum Gasteiger partial charge on any atom is -0.489 e. The van der Waals surface area contributed by atoms with Gasteiger partial charge in [-0.1, -0.05) is 18.2 Å². The second-order valence-corrected chi connectivity index (χ2v) is 7.70. The molecule has 1 aliphatic heterocycles. The minimum absolute atomic E-state index is 0.188. The number of para-hydroxylation sites is 1. The van der Waals surface area contributed by atoms with Crippen molar-refractivity contribution < 1.29 is 4.74 Å². The Hall–Kier alpha value is -3.32. The number of pyridine rings is 1. The van der Waals surface area contributed by atoms with E-state index in [9.17, 15) is 4.79 Å². The predicted octanol–water partition coefficient (Wildman–Crippen LogP) is 3.13. The van der Waals surface area contributed by atoms with Crippen LogP contribution in [0.2, 0.25) is 0 Å². The molecule has 1 atom stereocenters. The van der Waals surface area contributed by atoms with Crippen LogP contribution in [0.5, 0.6) is 5.75 Å². The molecule has 0 radical (unpaired) electrons. The van der Waals surface area contributed by atoms with E-state index in [0.717, 1.165) is 48.1 Å². The second-order valence-electron chi connectivity index (χ2n) is 7.70. The summed E-state index contributed by atoms with van der Waals surface area (Å²) in [6, 6.07) is 13.3. The number of ether oxygens (including phenoxy) is 1. The van der Waals surface area contributed by atoms with Crippen molar-refractivity contribution in [3.63, 3.8) is 0 Å². The van der Waals surface area contributed by atoms with E-state index in [0.29, 0.717) is 22.6 Å². The number of aromatic amines is 2. The average Bonchev–Trinajstić information content (AvgIpc) is 3.11. The van der Waals surface area contributed by atoms with E-state index in [1.165, 1.54) is 0 Å². The van der Waals surface area contributed by atoms with Gasteiger partial charge in [0.2, 0.25) is 0 Å². The van der Waals surface area contributed by atoms with Crippen LogP contribution in [-0.4, -0.2) is 46.1 Å². The molecule has 0 saturated carbocycles. The molecule has 7 heteroatoms. The zero-order chi connectivity index (χ0) is 20.0. The van der Waals surface area contributed by atoms with Gasteiger partial charge in [0.15, 0.2) is 0 Å². The largest absolute Gasteiger partial charge is 0.489 e. The van der Waals surface area contributed by atoms with Crippen molar-refractivity contribution in [2.45, 2.75) is 18.9 Å². The number of imidazole rings is 1. The Balaban J connectivity index is 1.52. The third-order valence-corrected chi connectivity index (χ3v) is 5.54. The van der Waals surface area contributed by atoms with Crippen molar-refractivity contribution in [3.8, 4) is 17.1 Å². The SMILES string of the molecule is CN1CCCC(Oc2ccc3nc(-c4c(N)c5ccccc5[nH]c4=O)[nH]c3c2)C1. The molecule has 1 unspecified atom stereocenters. The molecule has 4 N–H and O–H groups in total. The van der Waals surface area contributed by atoms with E-state index in [2.05, 4.69) is 26.9 Å². The molecule has 0 spiro atoms. The number of likely N-dealkylation sites (N-methyl/N-ethyl adjacent to an activating group) is 1. The lowest BCUT2D eigenvalue weighted by Crippen LogP contribution is -2.38. The van der Waals surface area contributed by atoms with Crippen molar-refractivity contribution in [1.82, 2.24) is 19.9 Å². The minimum atomic E-state index is -0.262. The van der Waals surface area contributed by atoms with Crippen LogP contribution in [0.1, 0.15) is 12.8 Å². The maximum atomic E-state index is 12.7. The topological polar surface area (TPSA) is 100 Å². The Morgan fingerprint density at radius 1 is 1.17 bits per heavy atom. The number of piperidine rings is 1. The Morgan fingerprint density at radius 3 is 2.90 bits per heavy atom. The van der Waals surface area contributed by atoms with E-state index >= 15 is 0 Å². The number of fused-ring (bicyclic) bond motifs is 2. The van der Waals surface area contributed by atoms with Gasteiger partial charge in [-0.2, -0.15) is 0 Å². The smallest absolute Gasteiger partial charge is 0.261 e. The van der Waals surface area contributed by atoms with Gasteiger partial charge < -0.3 is 25.3 Å². The van der Waals surface area contributed by atoms with E-state index in [1.807, 2.05) is 42.5 Å². The summed E-state index contributed by atoms with van der Waals surface area (Å²) in [4.78, 5) is 25.7. The van der Waals surface area contributed by atoms with Crippen molar-refractivity contribution in [2.75, 3.05) is 25.9 Å². The molecule has 1 aliphatic rings. The van der Waals surface area contributed by atoms with Gasteiger partial charge in [-0.25, -0.2) is 4.98 Å². The molecule has 1 fully saturated rings. The monoisotopic (exact) mass is 389 g/mol. The highest BCUT2D eigenvalue weighted by Gasteiger charge is 2.19. The number of benzene rings is 2. The summed E-state index contributed by atoms with van der Waals surface area (Å²) in [6.07, 6.45) is 2.38. The molecule has 148 valence electrons. The first-order valence-electron chi connectivity index (χ1n) is 9.84. The fourth-order valence-corrected chi connectivity index (χ4v) is 4.09. The number of hydrogen-bond acceptors (Lipinski definition) is 5. The number of nitrogens with zero attached hydrogens (tertiary/aromatic N) is 2. The Kier molecular flexibility index (Phi) is 4.24. The number of anilines is 1. The van der Waals surface area contributed by atoms with Crippen LogP contribution in [-0.2, 0) is 0 Å². The van der Waals surface area contributed by atoms with Crippen molar-refractivity contribution >= 4 is 27.6 Å². The summed E-state index contributed by atoms with van der Waals surface area (Å²) in [6.45, 7) is 2.04. The van der Waals surface area contributed by atoms with Gasteiger partial charge >= 0.3 is 0 Å². The molecule has 0 aliphatic carbocycles. The quantitative estimate of drug-likeness (QED) is 0.500. The highest BCUT2D eigenvalue weighted by molar-refractivity contribution is 5.97. The molecule has 4 aromatic rings. The number of rotatable bonds is 3. The highest BCUT2D eigenvalue weighted by atomic mass is 16.5. The Bertz CT molecular complexity index is 1260. The molecule has 2 aromatic heterocycles. The van der Waals surface area contributed by atoms with Crippen molar-refractivity contribution in [2.24, 2.45) is 0 Å². The number of likely N-dealkylation sites (tertiary alicyclic amines) is 1. The number of aromatic nitrogens is 3. The van der Waals surface area contributed by atoms with Crippen LogP contribution in [0.4, 0.5) is 5.69 Å². The lowest BCUT2D eigenvalue weighted by molar-refractivity contribution is 0.104. The summed E-state index contributed by atoms with van der Waals surface area (Å²) in [5.41, 5.74) is 9.14. The molecular weight excluding hydrogens is 366 g/mol. The Labute approximate surface area is 167 Å². The van der Waals surface area contributed by atoms with E-state index in [4.69, 9.17) is 10.5 Å². The van der Waals surface area contributed by atoms with Gasteiger partial charge in [-0.05, 0) is 44.6 Å². The maximum absolute atomic E-state index is 12.7. The summed E-state index contributed by atoms with van der Waals surface area (Å²) >= 11 is 0. The molecule has 1 saturated heterocycles. The fraction of sp³-hybridized carbons (Fsp3) is 0.273. The lowest BCUT2D eigenvalue weighted by atomic mass is 10.1. The molecule has 5 rings (SSSR count). The number of hydrogen-bond donors (Lipinski definition) is 3. The van der Waals surface area contributed by atoms with Gasteiger partial charge in [0.05, 0.1) is 22.2 Å². The number of nitrogens with two attached hydrogens (primary N) is 1. The van der Waals surface area contributed by atoms with Crippen molar-refractivity contribution in [3.05, 3.63) is 52.8 Å². The first-order chi connectivity index (χ1) is 14.1. The molecule has 7 nitrogen and oxygen atoms in total.